The van der Waals surface area contributed by atoms with Crippen LogP contribution >= 0.6 is 11.3 Å². The first-order valence-corrected chi connectivity index (χ1v) is 9.79. The van der Waals surface area contributed by atoms with Crippen molar-refractivity contribution in [3.05, 3.63) is 75.7 Å². The molecular weight excluding hydrogens is 356 g/mol. The number of nitrogens with one attached hydrogen (secondary N) is 1. The number of para-hydroxylation sites is 2. The zero-order valence-corrected chi connectivity index (χ0v) is 15.3. The number of thiophene rings is 1. The molecule has 0 bridgehead atoms. The number of aryl methyl sites for hydroxylation is 1. The second kappa shape index (κ2) is 6.26. The number of benzene rings is 2. The molecule has 4 nitrogen and oxygen atoms in total. The highest BCUT2D eigenvalue weighted by atomic mass is 32.1. The van der Waals surface area contributed by atoms with Gasteiger partial charge < -0.3 is 10.1 Å². The monoisotopic (exact) mass is 372 g/mol. The summed E-state index contributed by atoms with van der Waals surface area (Å²) < 4.78 is 5.97. The molecular formula is C22H16N2O2S. The molecule has 1 aliphatic carbocycles. The molecule has 0 atom stereocenters. The SMILES string of the molecule is N#Cc1c(NC(=O)C2c3ccccc3Oc3ccccc32)sc2c1CCC2. The number of fused-ring (bicyclic) bond motifs is 3. The van der Waals surface area contributed by atoms with Gasteiger partial charge >= 0.3 is 0 Å². The number of anilines is 1. The number of amides is 1. The zero-order chi connectivity index (χ0) is 18.4. The molecule has 0 saturated carbocycles. The highest BCUT2D eigenvalue weighted by Gasteiger charge is 2.33. The predicted molar refractivity (Wildman–Crippen MR) is 104 cm³/mol. The zero-order valence-electron chi connectivity index (χ0n) is 14.5. The third kappa shape index (κ3) is 2.53. The first-order valence-electron chi connectivity index (χ1n) is 8.97. The Kier molecular flexibility index (Phi) is 3.73. The van der Waals surface area contributed by atoms with E-state index < -0.39 is 5.92 Å². The van der Waals surface area contributed by atoms with Gasteiger partial charge in [0.05, 0.1) is 11.5 Å². The van der Waals surface area contributed by atoms with E-state index in [1.165, 1.54) is 4.88 Å². The van der Waals surface area contributed by atoms with Crippen LogP contribution < -0.4 is 10.1 Å². The Balaban J connectivity index is 1.56. The summed E-state index contributed by atoms with van der Waals surface area (Å²) in [6.07, 6.45) is 3.01. The van der Waals surface area contributed by atoms with Crippen LogP contribution in [0.1, 0.15) is 39.5 Å². The van der Waals surface area contributed by atoms with Crippen LogP contribution in [0.25, 0.3) is 0 Å². The predicted octanol–water partition coefficient (Wildman–Crippen LogP) is 4.98. The molecule has 0 spiro atoms. The van der Waals surface area contributed by atoms with Crippen molar-refractivity contribution in [1.29, 1.82) is 5.26 Å². The molecule has 1 aliphatic heterocycles. The van der Waals surface area contributed by atoms with E-state index in [1.807, 2.05) is 48.5 Å². The summed E-state index contributed by atoms with van der Waals surface area (Å²) >= 11 is 1.54. The van der Waals surface area contributed by atoms with Crippen LogP contribution in [0, 0.1) is 11.3 Å². The summed E-state index contributed by atoms with van der Waals surface area (Å²) in [5.41, 5.74) is 3.44. The number of hydrogen-bond donors (Lipinski definition) is 1. The minimum atomic E-state index is -0.463. The molecule has 2 aliphatic rings. The van der Waals surface area contributed by atoms with Crippen molar-refractivity contribution in [2.45, 2.75) is 25.2 Å². The van der Waals surface area contributed by atoms with E-state index in [0.717, 1.165) is 36.0 Å². The molecule has 1 aromatic heterocycles. The Hall–Kier alpha value is -3.10. The number of hydrogen-bond acceptors (Lipinski definition) is 4. The molecule has 0 unspecified atom stereocenters. The average Bonchev–Trinajstić information content (AvgIpc) is 3.26. The van der Waals surface area contributed by atoms with Gasteiger partial charge in [-0.3, -0.25) is 4.79 Å². The van der Waals surface area contributed by atoms with Crippen LogP contribution in [0.2, 0.25) is 0 Å². The van der Waals surface area contributed by atoms with E-state index in [-0.39, 0.29) is 5.91 Å². The van der Waals surface area contributed by atoms with Crippen molar-refractivity contribution in [3.8, 4) is 17.6 Å². The number of carbonyl (C=O) groups excluding carboxylic acids is 1. The highest BCUT2D eigenvalue weighted by Crippen LogP contribution is 2.45. The van der Waals surface area contributed by atoms with E-state index in [2.05, 4.69) is 11.4 Å². The number of ether oxygens (including phenoxy) is 1. The maximum absolute atomic E-state index is 13.3. The Morgan fingerprint density at radius 1 is 1.07 bits per heavy atom. The van der Waals surface area contributed by atoms with Gasteiger partial charge in [0, 0.05) is 16.0 Å². The molecule has 1 amide bonds. The molecule has 2 aromatic carbocycles. The lowest BCUT2D eigenvalue weighted by Gasteiger charge is -2.27. The summed E-state index contributed by atoms with van der Waals surface area (Å²) in [5, 5.41) is 13.3. The minimum absolute atomic E-state index is 0.130. The molecule has 5 rings (SSSR count). The van der Waals surface area contributed by atoms with Gasteiger partial charge in [-0.1, -0.05) is 36.4 Å². The van der Waals surface area contributed by atoms with Crippen LogP contribution in [-0.4, -0.2) is 5.91 Å². The maximum Gasteiger partial charge on any atom is 0.237 e. The number of carbonyl (C=O) groups is 1. The Morgan fingerprint density at radius 3 is 2.41 bits per heavy atom. The van der Waals surface area contributed by atoms with Crippen LogP contribution in [0.15, 0.2) is 48.5 Å². The normalized spacial score (nSPS) is 14.5. The Bertz CT molecular complexity index is 1060. The summed E-state index contributed by atoms with van der Waals surface area (Å²) in [6.45, 7) is 0. The maximum atomic E-state index is 13.3. The van der Waals surface area contributed by atoms with Gasteiger partial charge in [0.25, 0.3) is 0 Å². The molecule has 1 N–H and O–H groups in total. The highest BCUT2D eigenvalue weighted by molar-refractivity contribution is 7.16. The average molecular weight is 372 g/mol. The summed E-state index contributed by atoms with van der Waals surface area (Å²) in [5.74, 6) is 0.806. The smallest absolute Gasteiger partial charge is 0.237 e. The number of rotatable bonds is 2. The summed E-state index contributed by atoms with van der Waals surface area (Å²) in [6, 6.07) is 17.5. The Labute approximate surface area is 161 Å². The topological polar surface area (TPSA) is 62.1 Å². The fourth-order valence-corrected chi connectivity index (χ4v) is 5.23. The largest absolute Gasteiger partial charge is 0.457 e. The van der Waals surface area contributed by atoms with Gasteiger partial charge in [-0.25, -0.2) is 0 Å². The Morgan fingerprint density at radius 2 is 1.74 bits per heavy atom. The van der Waals surface area contributed by atoms with Crippen LogP contribution in [0.5, 0.6) is 11.5 Å². The van der Waals surface area contributed by atoms with Gasteiger partial charge in [0.1, 0.15) is 22.6 Å². The van der Waals surface area contributed by atoms with Crippen LogP contribution in [-0.2, 0) is 17.6 Å². The van der Waals surface area contributed by atoms with Gasteiger partial charge in [0.15, 0.2) is 0 Å². The van der Waals surface area contributed by atoms with Gasteiger partial charge in [-0.15, -0.1) is 11.3 Å². The fourth-order valence-electron chi connectivity index (χ4n) is 3.99. The number of nitriles is 1. The lowest BCUT2D eigenvalue weighted by atomic mass is 9.87. The molecule has 27 heavy (non-hydrogen) atoms. The van der Waals surface area contributed by atoms with Crippen molar-refractivity contribution in [3.63, 3.8) is 0 Å². The van der Waals surface area contributed by atoms with Gasteiger partial charge in [-0.05, 0) is 37.0 Å². The molecule has 0 saturated heterocycles. The van der Waals surface area contributed by atoms with Crippen molar-refractivity contribution < 1.29 is 9.53 Å². The van der Waals surface area contributed by atoms with E-state index in [9.17, 15) is 10.1 Å². The first-order chi connectivity index (χ1) is 13.3. The van der Waals surface area contributed by atoms with Crippen LogP contribution in [0.4, 0.5) is 5.00 Å². The molecule has 2 heterocycles. The van der Waals surface area contributed by atoms with Crippen molar-refractivity contribution in [2.24, 2.45) is 0 Å². The van der Waals surface area contributed by atoms with E-state index in [1.54, 1.807) is 11.3 Å². The summed E-state index contributed by atoms with van der Waals surface area (Å²) in [4.78, 5) is 14.5. The van der Waals surface area contributed by atoms with E-state index in [4.69, 9.17) is 4.74 Å². The quantitative estimate of drug-likeness (QED) is 0.690. The second-order valence-electron chi connectivity index (χ2n) is 6.77. The molecule has 0 radical (unpaired) electrons. The van der Waals surface area contributed by atoms with Crippen molar-refractivity contribution >= 4 is 22.2 Å². The standard InChI is InChI=1S/C22H16N2O2S/c23-12-16-13-8-5-11-19(13)27-22(16)24-21(25)20-14-6-1-3-9-17(14)26-18-10-4-2-7-15(18)20/h1-4,6-7,9-10,20H,5,8,11H2,(H,24,25). The molecule has 3 aromatic rings. The van der Waals surface area contributed by atoms with Crippen LogP contribution in [0.3, 0.4) is 0 Å². The number of nitrogens with zero attached hydrogens (tertiary/aromatic N) is 1. The lowest BCUT2D eigenvalue weighted by Crippen LogP contribution is -2.25. The van der Waals surface area contributed by atoms with Gasteiger partial charge in [-0.2, -0.15) is 5.26 Å². The second-order valence-corrected chi connectivity index (χ2v) is 7.88. The van der Waals surface area contributed by atoms with Crippen molar-refractivity contribution in [2.75, 3.05) is 5.32 Å². The first kappa shape index (κ1) is 16.1. The molecule has 0 fully saturated rings. The van der Waals surface area contributed by atoms with Crippen molar-refractivity contribution in [1.82, 2.24) is 0 Å². The van der Waals surface area contributed by atoms with Gasteiger partial charge in [0.2, 0.25) is 5.91 Å². The van der Waals surface area contributed by atoms with E-state index >= 15 is 0 Å². The lowest BCUT2D eigenvalue weighted by molar-refractivity contribution is -0.116. The summed E-state index contributed by atoms with van der Waals surface area (Å²) in [7, 11) is 0. The fraction of sp³-hybridized carbons (Fsp3) is 0.182. The van der Waals surface area contributed by atoms with E-state index in [0.29, 0.717) is 22.1 Å². The third-order valence-electron chi connectivity index (χ3n) is 5.21. The third-order valence-corrected chi connectivity index (χ3v) is 6.42. The molecule has 132 valence electrons. The molecule has 5 heteroatoms. The minimum Gasteiger partial charge on any atom is -0.457 e.